The second-order valence-corrected chi connectivity index (χ2v) is 1.64. The Morgan fingerprint density at radius 2 is 2.10 bits per heavy atom. The summed E-state index contributed by atoms with van der Waals surface area (Å²) in [6, 6.07) is -0.352. The SMILES string of the molecule is [CH2]C(CCN=C=O)N=C=O. The fourth-order valence-corrected chi connectivity index (χ4v) is 0.398. The quantitative estimate of drug-likeness (QED) is 0.414. The van der Waals surface area contributed by atoms with Crippen LogP contribution in [0.1, 0.15) is 6.42 Å². The molecule has 0 heterocycles. The third-order valence-corrected chi connectivity index (χ3v) is 0.874. The summed E-state index contributed by atoms with van der Waals surface area (Å²) < 4.78 is 0. The van der Waals surface area contributed by atoms with Gasteiger partial charge in [-0.25, -0.2) is 19.6 Å². The predicted octanol–water partition coefficient (Wildman–Crippen LogP) is 0.251. The molecule has 0 bridgehead atoms. The summed E-state index contributed by atoms with van der Waals surface area (Å²) in [6.45, 7) is 3.79. The zero-order valence-electron chi connectivity index (χ0n) is 5.41. The van der Waals surface area contributed by atoms with Crippen molar-refractivity contribution in [2.45, 2.75) is 12.5 Å². The predicted molar refractivity (Wildman–Crippen MR) is 34.9 cm³/mol. The Morgan fingerprint density at radius 1 is 1.40 bits per heavy atom. The van der Waals surface area contributed by atoms with Gasteiger partial charge in [-0.05, 0) is 13.3 Å². The van der Waals surface area contributed by atoms with Gasteiger partial charge < -0.3 is 0 Å². The van der Waals surface area contributed by atoms with Crippen LogP contribution in [0.4, 0.5) is 0 Å². The Balaban J connectivity index is 3.48. The van der Waals surface area contributed by atoms with Gasteiger partial charge >= 0.3 is 0 Å². The third-order valence-electron chi connectivity index (χ3n) is 0.874. The van der Waals surface area contributed by atoms with Crippen LogP contribution in [0.15, 0.2) is 9.98 Å². The normalized spacial score (nSPS) is 10.9. The molecule has 0 aromatic heterocycles. The number of hydrogen-bond donors (Lipinski definition) is 0. The summed E-state index contributed by atoms with van der Waals surface area (Å²) >= 11 is 0. The Bertz CT molecular complexity index is 178. The molecule has 4 heteroatoms. The third kappa shape index (κ3) is 4.91. The number of rotatable bonds is 4. The second kappa shape index (κ2) is 5.89. The van der Waals surface area contributed by atoms with Gasteiger partial charge in [-0.3, -0.25) is 0 Å². The lowest BCUT2D eigenvalue weighted by molar-refractivity contribution is 0.557. The first kappa shape index (κ1) is 8.76. The Morgan fingerprint density at radius 3 is 2.60 bits per heavy atom. The smallest absolute Gasteiger partial charge is 0.211 e. The van der Waals surface area contributed by atoms with E-state index < -0.39 is 0 Å². The zero-order chi connectivity index (χ0) is 7.82. The first-order valence-electron chi connectivity index (χ1n) is 2.75. The lowest BCUT2D eigenvalue weighted by Crippen LogP contribution is -1.99. The zero-order valence-corrected chi connectivity index (χ0v) is 5.41. The summed E-state index contributed by atoms with van der Waals surface area (Å²) in [4.78, 5) is 25.7. The minimum Gasteiger partial charge on any atom is -0.211 e. The van der Waals surface area contributed by atoms with Crippen LogP contribution in [-0.2, 0) is 9.59 Å². The number of carbonyl (C=O) groups excluding carboxylic acids is 2. The maximum Gasteiger partial charge on any atom is 0.235 e. The van der Waals surface area contributed by atoms with Crippen molar-refractivity contribution in [3.05, 3.63) is 6.92 Å². The second-order valence-electron chi connectivity index (χ2n) is 1.64. The van der Waals surface area contributed by atoms with Gasteiger partial charge in [0.05, 0.1) is 12.6 Å². The fraction of sp³-hybridized carbons (Fsp3) is 0.500. The van der Waals surface area contributed by atoms with E-state index in [0.29, 0.717) is 13.0 Å². The van der Waals surface area contributed by atoms with Gasteiger partial charge in [0.15, 0.2) is 0 Å². The molecule has 0 aromatic rings. The van der Waals surface area contributed by atoms with Crippen molar-refractivity contribution in [1.82, 2.24) is 0 Å². The molecule has 0 fully saturated rings. The fourth-order valence-electron chi connectivity index (χ4n) is 0.398. The monoisotopic (exact) mass is 139 g/mol. The summed E-state index contributed by atoms with van der Waals surface area (Å²) in [6.07, 6.45) is 3.22. The summed E-state index contributed by atoms with van der Waals surface area (Å²) in [7, 11) is 0. The maximum atomic E-state index is 9.61. The van der Waals surface area contributed by atoms with Gasteiger partial charge in [0, 0.05) is 0 Å². The lowest BCUT2D eigenvalue weighted by Gasteiger charge is -1.96. The van der Waals surface area contributed by atoms with Gasteiger partial charge in [-0.2, -0.15) is 0 Å². The van der Waals surface area contributed by atoms with Crippen molar-refractivity contribution in [2.75, 3.05) is 6.54 Å². The Kier molecular flexibility index (Phi) is 5.16. The molecule has 0 aromatic carbocycles. The van der Waals surface area contributed by atoms with Crippen molar-refractivity contribution >= 4 is 12.2 Å². The average Bonchev–Trinajstić information content (AvgIpc) is 1.89. The first-order chi connectivity index (χ1) is 4.81. The van der Waals surface area contributed by atoms with Crippen LogP contribution in [0.2, 0.25) is 0 Å². The van der Waals surface area contributed by atoms with E-state index in [-0.39, 0.29) is 6.04 Å². The number of isocyanates is 2. The van der Waals surface area contributed by atoms with Crippen molar-refractivity contribution in [3.63, 3.8) is 0 Å². The van der Waals surface area contributed by atoms with E-state index in [1.807, 2.05) is 0 Å². The van der Waals surface area contributed by atoms with Crippen LogP contribution in [0.5, 0.6) is 0 Å². The molecule has 1 unspecified atom stereocenters. The lowest BCUT2D eigenvalue weighted by atomic mass is 10.2. The Labute approximate surface area is 58.7 Å². The van der Waals surface area contributed by atoms with Crippen LogP contribution in [0.3, 0.4) is 0 Å². The molecular weight excluding hydrogens is 132 g/mol. The number of aliphatic imine (C=N–C) groups is 2. The largest absolute Gasteiger partial charge is 0.235 e. The van der Waals surface area contributed by atoms with E-state index in [2.05, 4.69) is 16.9 Å². The highest BCUT2D eigenvalue weighted by atomic mass is 16.1. The first-order valence-corrected chi connectivity index (χ1v) is 2.75. The van der Waals surface area contributed by atoms with E-state index in [1.165, 1.54) is 12.2 Å². The molecule has 1 atom stereocenters. The molecule has 0 amide bonds. The molecule has 0 saturated heterocycles. The highest BCUT2D eigenvalue weighted by Gasteiger charge is 1.95. The summed E-state index contributed by atoms with van der Waals surface area (Å²) in [5.41, 5.74) is 0. The maximum absolute atomic E-state index is 9.61. The van der Waals surface area contributed by atoms with E-state index in [1.54, 1.807) is 0 Å². The highest BCUT2D eigenvalue weighted by molar-refractivity contribution is 5.34. The molecule has 4 nitrogen and oxygen atoms in total. The van der Waals surface area contributed by atoms with Crippen LogP contribution in [0.25, 0.3) is 0 Å². The standard InChI is InChI=1S/C6H7N2O2/c1-6(8-5-10)2-3-7-4-9/h6H,1-3H2. The van der Waals surface area contributed by atoms with Gasteiger partial charge in [0.25, 0.3) is 0 Å². The van der Waals surface area contributed by atoms with Crippen LogP contribution >= 0.6 is 0 Å². The van der Waals surface area contributed by atoms with Gasteiger partial charge in [0.1, 0.15) is 0 Å². The van der Waals surface area contributed by atoms with E-state index in [0.717, 1.165) is 0 Å². The highest BCUT2D eigenvalue weighted by Crippen LogP contribution is 1.93. The molecule has 53 valence electrons. The molecule has 0 saturated carbocycles. The topological polar surface area (TPSA) is 58.9 Å². The van der Waals surface area contributed by atoms with Crippen molar-refractivity contribution in [1.29, 1.82) is 0 Å². The van der Waals surface area contributed by atoms with Crippen LogP contribution in [-0.4, -0.2) is 24.7 Å². The average molecular weight is 139 g/mol. The van der Waals surface area contributed by atoms with Crippen LogP contribution < -0.4 is 0 Å². The van der Waals surface area contributed by atoms with Crippen molar-refractivity contribution in [3.8, 4) is 0 Å². The molecule has 0 N–H and O–H groups in total. The molecular formula is C6H7N2O2. The minimum absolute atomic E-state index is 0.308. The summed E-state index contributed by atoms with van der Waals surface area (Å²) in [5.74, 6) is 0. The Hall–Kier alpha value is -1.24. The van der Waals surface area contributed by atoms with Crippen molar-refractivity contribution < 1.29 is 9.59 Å². The van der Waals surface area contributed by atoms with Gasteiger partial charge in [-0.1, -0.05) is 0 Å². The molecule has 10 heavy (non-hydrogen) atoms. The van der Waals surface area contributed by atoms with E-state index in [9.17, 15) is 9.59 Å². The van der Waals surface area contributed by atoms with E-state index >= 15 is 0 Å². The molecule has 0 rings (SSSR count). The minimum atomic E-state index is -0.352. The molecule has 0 aliphatic carbocycles. The molecule has 0 aliphatic heterocycles. The molecule has 1 radical (unpaired) electrons. The number of nitrogens with zero attached hydrogens (tertiary/aromatic N) is 2. The number of hydrogen-bond acceptors (Lipinski definition) is 4. The van der Waals surface area contributed by atoms with Crippen LogP contribution in [0, 0.1) is 6.92 Å². The van der Waals surface area contributed by atoms with E-state index in [4.69, 9.17) is 0 Å². The molecule has 0 spiro atoms. The van der Waals surface area contributed by atoms with Gasteiger partial charge in [-0.15, -0.1) is 0 Å². The van der Waals surface area contributed by atoms with Crippen molar-refractivity contribution in [2.24, 2.45) is 9.98 Å². The van der Waals surface area contributed by atoms with Gasteiger partial charge in [0.2, 0.25) is 12.2 Å². The molecule has 0 aliphatic rings. The summed E-state index contributed by atoms with van der Waals surface area (Å²) in [5, 5.41) is 0.